The van der Waals surface area contributed by atoms with Gasteiger partial charge in [0.15, 0.2) is 0 Å². The summed E-state index contributed by atoms with van der Waals surface area (Å²) in [5.41, 5.74) is 7.41. The molecule has 0 spiro atoms. The van der Waals surface area contributed by atoms with E-state index in [0.717, 1.165) is 31.5 Å². The first kappa shape index (κ1) is 11.0. The Hall–Kier alpha value is -1.51. The molecule has 1 saturated heterocycles. The van der Waals surface area contributed by atoms with E-state index in [1.165, 1.54) is 5.56 Å². The molecule has 0 radical (unpaired) electrons. The molecular formula is C13H18N2O. The largest absolute Gasteiger partial charge is 0.399 e. The average molecular weight is 218 g/mol. The lowest BCUT2D eigenvalue weighted by atomic mass is 9.78. The standard InChI is InChI=1S/C13H18N2O/c1-2-13(7-8-15-12(13)16)9-10-3-5-11(14)6-4-10/h3-6H,2,7-9,14H2,1H3,(H,15,16). The lowest BCUT2D eigenvalue weighted by Gasteiger charge is -2.24. The van der Waals surface area contributed by atoms with E-state index >= 15 is 0 Å². The number of benzene rings is 1. The summed E-state index contributed by atoms with van der Waals surface area (Å²) in [5, 5.41) is 2.93. The van der Waals surface area contributed by atoms with Gasteiger partial charge in [-0.15, -0.1) is 0 Å². The van der Waals surface area contributed by atoms with Crippen molar-refractivity contribution in [2.24, 2.45) is 5.41 Å². The number of nitrogens with two attached hydrogens (primary N) is 1. The maximum absolute atomic E-state index is 11.9. The van der Waals surface area contributed by atoms with Gasteiger partial charge in [-0.2, -0.15) is 0 Å². The Morgan fingerprint density at radius 2 is 2.06 bits per heavy atom. The highest BCUT2D eigenvalue weighted by Gasteiger charge is 2.40. The smallest absolute Gasteiger partial charge is 0.226 e. The van der Waals surface area contributed by atoms with Gasteiger partial charge in [0.25, 0.3) is 0 Å². The van der Waals surface area contributed by atoms with Gasteiger partial charge in [0.1, 0.15) is 0 Å². The van der Waals surface area contributed by atoms with Gasteiger partial charge >= 0.3 is 0 Å². The van der Waals surface area contributed by atoms with E-state index in [2.05, 4.69) is 12.2 Å². The fourth-order valence-corrected chi connectivity index (χ4v) is 2.37. The van der Waals surface area contributed by atoms with Crippen LogP contribution in [0.25, 0.3) is 0 Å². The Labute approximate surface area is 96.0 Å². The quantitative estimate of drug-likeness (QED) is 0.759. The van der Waals surface area contributed by atoms with Crippen LogP contribution in [-0.4, -0.2) is 12.5 Å². The summed E-state index contributed by atoms with van der Waals surface area (Å²) in [6.07, 6.45) is 2.64. The van der Waals surface area contributed by atoms with E-state index in [9.17, 15) is 4.79 Å². The number of carbonyl (C=O) groups is 1. The predicted octanol–water partition coefficient (Wildman–Crippen LogP) is 1.73. The van der Waals surface area contributed by atoms with Crippen LogP contribution in [0.2, 0.25) is 0 Å². The van der Waals surface area contributed by atoms with E-state index in [0.29, 0.717) is 0 Å². The molecule has 3 nitrogen and oxygen atoms in total. The lowest BCUT2D eigenvalue weighted by Crippen LogP contribution is -2.32. The first-order chi connectivity index (χ1) is 7.66. The normalized spacial score (nSPS) is 24.4. The van der Waals surface area contributed by atoms with Crippen molar-refractivity contribution in [3.63, 3.8) is 0 Å². The fourth-order valence-electron chi connectivity index (χ4n) is 2.37. The number of amides is 1. The van der Waals surface area contributed by atoms with Crippen LogP contribution in [0.1, 0.15) is 25.3 Å². The van der Waals surface area contributed by atoms with Crippen molar-refractivity contribution < 1.29 is 4.79 Å². The van der Waals surface area contributed by atoms with E-state index in [4.69, 9.17) is 5.73 Å². The van der Waals surface area contributed by atoms with Gasteiger partial charge in [-0.1, -0.05) is 19.1 Å². The summed E-state index contributed by atoms with van der Waals surface area (Å²) in [4.78, 5) is 11.9. The minimum atomic E-state index is -0.198. The van der Waals surface area contributed by atoms with Crippen molar-refractivity contribution in [3.8, 4) is 0 Å². The zero-order valence-electron chi connectivity index (χ0n) is 9.62. The number of hydrogen-bond donors (Lipinski definition) is 2. The maximum atomic E-state index is 11.9. The molecule has 2 rings (SSSR count). The SMILES string of the molecule is CCC1(Cc2ccc(N)cc2)CCNC1=O. The number of hydrogen-bond acceptors (Lipinski definition) is 2. The molecule has 1 aromatic carbocycles. The molecule has 0 aromatic heterocycles. The van der Waals surface area contributed by atoms with Crippen molar-refractivity contribution in [2.75, 3.05) is 12.3 Å². The highest BCUT2D eigenvalue weighted by molar-refractivity contribution is 5.84. The molecule has 1 unspecified atom stereocenters. The van der Waals surface area contributed by atoms with Crippen LogP contribution in [0.15, 0.2) is 24.3 Å². The minimum Gasteiger partial charge on any atom is -0.399 e. The third-order valence-corrected chi connectivity index (χ3v) is 3.57. The van der Waals surface area contributed by atoms with Gasteiger partial charge in [0, 0.05) is 12.2 Å². The fraction of sp³-hybridized carbons (Fsp3) is 0.462. The van der Waals surface area contributed by atoms with Crippen LogP contribution in [0, 0.1) is 5.41 Å². The van der Waals surface area contributed by atoms with E-state index < -0.39 is 0 Å². The summed E-state index contributed by atoms with van der Waals surface area (Å²) in [6.45, 7) is 2.89. The van der Waals surface area contributed by atoms with Crippen molar-refractivity contribution in [3.05, 3.63) is 29.8 Å². The van der Waals surface area contributed by atoms with Crippen LogP contribution in [0.3, 0.4) is 0 Å². The van der Waals surface area contributed by atoms with Crippen molar-refractivity contribution in [1.82, 2.24) is 5.32 Å². The van der Waals surface area contributed by atoms with E-state index in [1.54, 1.807) is 0 Å². The molecule has 1 aliphatic rings. The topological polar surface area (TPSA) is 55.1 Å². The van der Waals surface area contributed by atoms with Gasteiger partial charge in [0.05, 0.1) is 5.41 Å². The number of nitrogen functional groups attached to an aromatic ring is 1. The van der Waals surface area contributed by atoms with Crippen LogP contribution < -0.4 is 11.1 Å². The van der Waals surface area contributed by atoms with Crippen LogP contribution in [-0.2, 0) is 11.2 Å². The van der Waals surface area contributed by atoms with E-state index in [-0.39, 0.29) is 11.3 Å². The second kappa shape index (κ2) is 4.16. The van der Waals surface area contributed by atoms with Crippen molar-refractivity contribution in [2.45, 2.75) is 26.2 Å². The van der Waals surface area contributed by atoms with Crippen LogP contribution in [0.5, 0.6) is 0 Å². The Bertz CT molecular complexity index is 385. The molecule has 1 atom stereocenters. The Morgan fingerprint density at radius 3 is 2.56 bits per heavy atom. The molecule has 1 amide bonds. The molecule has 0 bridgehead atoms. The van der Waals surface area contributed by atoms with Crippen LogP contribution in [0.4, 0.5) is 5.69 Å². The second-order valence-electron chi connectivity index (χ2n) is 4.56. The molecular weight excluding hydrogens is 200 g/mol. The van der Waals surface area contributed by atoms with Gasteiger partial charge in [0.2, 0.25) is 5.91 Å². The Balaban J connectivity index is 2.18. The number of nitrogens with one attached hydrogen (secondary N) is 1. The predicted molar refractivity (Wildman–Crippen MR) is 64.9 cm³/mol. The number of carbonyl (C=O) groups excluding carboxylic acids is 1. The molecule has 1 aliphatic heterocycles. The summed E-state index contributed by atoms with van der Waals surface area (Å²) in [5.74, 6) is 0.201. The van der Waals surface area contributed by atoms with Gasteiger partial charge in [-0.25, -0.2) is 0 Å². The molecule has 0 saturated carbocycles. The molecule has 16 heavy (non-hydrogen) atoms. The Morgan fingerprint density at radius 1 is 1.38 bits per heavy atom. The van der Waals surface area contributed by atoms with Crippen LogP contribution >= 0.6 is 0 Å². The average Bonchev–Trinajstić information content (AvgIpc) is 2.64. The molecule has 0 aliphatic carbocycles. The number of anilines is 1. The zero-order chi connectivity index (χ0) is 11.6. The maximum Gasteiger partial charge on any atom is 0.226 e. The molecule has 3 N–H and O–H groups in total. The third kappa shape index (κ3) is 1.90. The van der Waals surface area contributed by atoms with Crippen molar-refractivity contribution in [1.29, 1.82) is 0 Å². The highest BCUT2D eigenvalue weighted by atomic mass is 16.2. The van der Waals surface area contributed by atoms with E-state index in [1.807, 2.05) is 24.3 Å². The number of rotatable bonds is 3. The molecule has 1 heterocycles. The minimum absolute atomic E-state index is 0.198. The molecule has 3 heteroatoms. The monoisotopic (exact) mass is 218 g/mol. The summed E-state index contributed by atoms with van der Waals surface area (Å²) in [7, 11) is 0. The highest BCUT2D eigenvalue weighted by Crippen LogP contribution is 2.34. The van der Waals surface area contributed by atoms with Gasteiger partial charge in [-0.05, 0) is 37.0 Å². The first-order valence-corrected chi connectivity index (χ1v) is 5.79. The molecule has 1 fully saturated rings. The summed E-state index contributed by atoms with van der Waals surface area (Å²) < 4.78 is 0. The molecule has 86 valence electrons. The zero-order valence-corrected chi connectivity index (χ0v) is 9.62. The third-order valence-electron chi connectivity index (χ3n) is 3.57. The first-order valence-electron chi connectivity index (χ1n) is 5.79. The lowest BCUT2D eigenvalue weighted by molar-refractivity contribution is -0.127. The van der Waals surface area contributed by atoms with Gasteiger partial charge < -0.3 is 11.1 Å². The van der Waals surface area contributed by atoms with Gasteiger partial charge in [-0.3, -0.25) is 4.79 Å². The second-order valence-corrected chi connectivity index (χ2v) is 4.56. The van der Waals surface area contributed by atoms with Crippen molar-refractivity contribution >= 4 is 11.6 Å². The molecule has 1 aromatic rings. The summed E-state index contributed by atoms with van der Waals surface area (Å²) >= 11 is 0. The summed E-state index contributed by atoms with van der Waals surface area (Å²) in [6, 6.07) is 7.81. The Kier molecular flexibility index (Phi) is 2.86.